The van der Waals surface area contributed by atoms with Crippen LogP contribution in [0, 0.1) is 0 Å². The molecule has 0 aromatic carbocycles. The maximum atomic E-state index is 10.0. The topological polar surface area (TPSA) is 149 Å². The van der Waals surface area contributed by atoms with Crippen LogP contribution < -0.4 is 0 Å². The molecular formula is C15H24O8. The molecule has 0 heterocycles. The predicted octanol–water partition coefficient (Wildman–Crippen LogP) is 2.40. The summed E-state index contributed by atoms with van der Waals surface area (Å²) in [6.45, 7) is 7.00. The number of carbonyl (C=O) groups is 4. The highest BCUT2D eigenvalue weighted by Crippen LogP contribution is 1.93. The van der Waals surface area contributed by atoms with Crippen LogP contribution in [0.25, 0.3) is 0 Å². The molecule has 132 valence electrons. The molecule has 0 saturated heterocycles. The molecule has 4 N–H and O–H groups in total. The van der Waals surface area contributed by atoms with Crippen LogP contribution in [-0.4, -0.2) is 44.3 Å². The van der Waals surface area contributed by atoms with Gasteiger partial charge in [-0.1, -0.05) is 26.0 Å². The van der Waals surface area contributed by atoms with Crippen LogP contribution >= 0.6 is 0 Å². The predicted molar refractivity (Wildman–Crippen MR) is 83.3 cm³/mol. The Labute approximate surface area is 134 Å². The van der Waals surface area contributed by atoms with E-state index in [1.54, 1.807) is 26.0 Å². The molecule has 8 nitrogen and oxygen atoms in total. The smallest absolute Gasteiger partial charge is 0.330 e. The fraction of sp³-hybridized carbons (Fsp3) is 0.467. The molecule has 0 fully saturated rings. The molecule has 0 rings (SSSR count). The third-order valence-corrected chi connectivity index (χ3v) is 2.00. The summed E-state index contributed by atoms with van der Waals surface area (Å²) >= 11 is 0. The second kappa shape index (κ2) is 15.7. The van der Waals surface area contributed by atoms with Crippen LogP contribution in [0.3, 0.4) is 0 Å². The van der Waals surface area contributed by atoms with E-state index in [2.05, 4.69) is 0 Å². The summed E-state index contributed by atoms with van der Waals surface area (Å²) in [4.78, 5) is 38.9. The van der Waals surface area contributed by atoms with Crippen molar-refractivity contribution in [3.63, 3.8) is 0 Å². The van der Waals surface area contributed by atoms with Gasteiger partial charge < -0.3 is 20.4 Å². The highest BCUT2D eigenvalue weighted by Gasteiger charge is 2.01. The Hall–Kier alpha value is -2.64. The standard InChI is InChI=1S/2C6H10O2.C3H4O4/c2*1-3-4-5(2)6(7)8;4-2(5)1-3(6)7/h2*4H,3H2,1-2H3,(H,7,8);1H2,(H,4,5)(H,6,7)/b2*5-4+;. The van der Waals surface area contributed by atoms with Crippen molar-refractivity contribution in [2.75, 3.05) is 0 Å². The van der Waals surface area contributed by atoms with Gasteiger partial charge in [-0.15, -0.1) is 0 Å². The number of carboxylic acid groups (broad SMARTS) is 4. The first-order chi connectivity index (χ1) is 10.5. The van der Waals surface area contributed by atoms with Crippen LogP contribution in [0.4, 0.5) is 0 Å². The summed E-state index contributed by atoms with van der Waals surface area (Å²) in [6.07, 6.45) is 4.14. The lowest BCUT2D eigenvalue weighted by atomic mass is 10.2. The number of hydrogen-bond acceptors (Lipinski definition) is 4. The van der Waals surface area contributed by atoms with Crippen molar-refractivity contribution in [1.29, 1.82) is 0 Å². The third kappa shape index (κ3) is 24.7. The molecule has 0 aliphatic heterocycles. The number of rotatable bonds is 6. The van der Waals surface area contributed by atoms with Crippen molar-refractivity contribution in [3.8, 4) is 0 Å². The minimum atomic E-state index is -1.31. The first-order valence-corrected chi connectivity index (χ1v) is 6.73. The van der Waals surface area contributed by atoms with E-state index in [1.807, 2.05) is 13.8 Å². The van der Waals surface area contributed by atoms with Gasteiger partial charge in [0.15, 0.2) is 0 Å². The largest absolute Gasteiger partial charge is 0.481 e. The Morgan fingerprint density at radius 2 is 0.957 bits per heavy atom. The van der Waals surface area contributed by atoms with Gasteiger partial charge in [0.25, 0.3) is 0 Å². The quantitative estimate of drug-likeness (QED) is 0.428. The fourth-order valence-electron chi connectivity index (χ4n) is 0.916. The van der Waals surface area contributed by atoms with Crippen molar-refractivity contribution in [1.82, 2.24) is 0 Å². The molecule has 0 bridgehead atoms. The maximum Gasteiger partial charge on any atom is 0.330 e. The first kappa shape index (κ1) is 25.3. The van der Waals surface area contributed by atoms with Crippen molar-refractivity contribution in [3.05, 3.63) is 23.3 Å². The van der Waals surface area contributed by atoms with E-state index in [0.717, 1.165) is 12.8 Å². The van der Waals surface area contributed by atoms with Crippen molar-refractivity contribution in [2.24, 2.45) is 0 Å². The number of hydrogen-bond donors (Lipinski definition) is 4. The molecule has 0 saturated carbocycles. The molecule has 23 heavy (non-hydrogen) atoms. The average molecular weight is 332 g/mol. The highest BCUT2D eigenvalue weighted by atomic mass is 16.4. The van der Waals surface area contributed by atoms with Crippen LogP contribution in [0.2, 0.25) is 0 Å². The van der Waals surface area contributed by atoms with Gasteiger partial charge in [-0.05, 0) is 26.7 Å². The first-order valence-electron chi connectivity index (χ1n) is 6.73. The van der Waals surface area contributed by atoms with Gasteiger partial charge in [0, 0.05) is 11.1 Å². The average Bonchev–Trinajstić information content (AvgIpc) is 2.38. The summed E-state index contributed by atoms with van der Waals surface area (Å²) < 4.78 is 0. The number of aliphatic carboxylic acids is 4. The minimum absolute atomic E-state index is 0.424. The lowest BCUT2D eigenvalue weighted by Gasteiger charge is -1.87. The van der Waals surface area contributed by atoms with E-state index in [0.29, 0.717) is 11.1 Å². The molecule has 0 amide bonds. The van der Waals surface area contributed by atoms with E-state index < -0.39 is 30.3 Å². The van der Waals surface area contributed by atoms with E-state index in [4.69, 9.17) is 20.4 Å². The monoisotopic (exact) mass is 332 g/mol. The molecule has 0 aromatic rings. The molecule has 0 spiro atoms. The van der Waals surface area contributed by atoms with Crippen LogP contribution in [0.15, 0.2) is 23.3 Å². The Balaban J connectivity index is -0.000000262. The van der Waals surface area contributed by atoms with E-state index in [9.17, 15) is 19.2 Å². The lowest BCUT2D eigenvalue weighted by molar-refractivity contribution is -0.147. The zero-order valence-corrected chi connectivity index (χ0v) is 13.7. The lowest BCUT2D eigenvalue weighted by Crippen LogP contribution is -2.03. The summed E-state index contributed by atoms with van der Waals surface area (Å²) in [5, 5.41) is 31.9. The van der Waals surface area contributed by atoms with Gasteiger partial charge in [-0.2, -0.15) is 0 Å². The van der Waals surface area contributed by atoms with Crippen LogP contribution in [0.5, 0.6) is 0 Å². The van der Waals surface area contributed by atoms with Gasteiger partial charge in [-0.3, -0.25) is 9.59 Å². The van der Waals surface area contributed by atoms with Gasteiger partial charge in [0.05, 0.1) is 0 Å². The molecule has 0 aliphatic rings. The minimum Gasteiger partial charge on any atom is -0.481 e. The Bertz CT molecular complexity index is 418. The Morgan fingerprint density at radius 1 is 0.696 bits per heavy atom. The summed E-state index contributed by atoms with van der Waals surface area (Å²) in [5.74, 6) is -4.28. The molecule has 8 heteroatoms. The molecular weight excluding hydrogens is 308 g/mol. The Morgan fingerprint density at radius 3 is 1.00 bits per heavy atom. The van der Waals surface area contributed by atoms with Crippen molar-refractivity contribution >= 4 is 23.9 Å². The van der Waals surface area contributed by atoms with Crippen molar-refractivity contribution in [2.45, 2.75) is 47.0 Å². The molecule has 0 aliphatic carbocycles. The van der Waals surface area contributed by atoms with Crippen LogP contribution in [-0.2, 0) is 19.2 Å². The molecule has 0 unspecified atom stereocenters. The van der Waals surface area contributed by atoms with Gasteiger partial charge in [0.2, 0.25) is 0 Å². The van der Waals surface area contributed by atoms with Crippen molar-refractivity contribution < 1.29 is 39.6 Å². The summed E-state index contributed by atoms with van der Waals surface area (Å²) in [5.41, 5.74) is 0.847. The normalized spacial score (nSPS) is 10.4. The van der Waals surface area contributed by atoms with Gasteiger partial charge in [-0.25, -0.2) is 9.59 Å². The van der Waals surface area contributed by atoms with Crippen LogP contribution in [0.1, 0.15) is 47.0 Å². The maximum absolute atomic E-state index is 10.0. The highest BCUT2D eigenvalue weighted by molar-refractivity contribution is 5.88. The molecule has 0 radical (unpaired) electrons. The molecule has 0 aromatic heterocycles. The third-order valence-electron chi connectivity index (χ3n) is 2.00. The zero-order valence-electron chi connectivity index (χ0n) is 13.7. The summed E-state index contributed by atoms with van der Waals surface area (Å²) in [7, 11) is 0. The second-order valence-electron chi connectivity index (χ2n) is 4.17. The second-order valence-corrected chi connectivity index (χ2v) is 4.17. The SMILES string of the molecule is CC/C=C(\C)C(=O)O.CC/C=C(\C)C(=O)O.O=C(O)CC(=O)O. The van der Waals surface area contributed by atoms with Gasteiger partial charge in [0.1, 0.15) is 6.42 Å². The van der Waals surface area contributed by atoms with E-state index >= 15 is 0 Å². The van der Waals surface area contributed by atoms with E-state index in [1.165, 1.54) is 0 Å². The number of carboxylic acids is 4. The Kier molecular flexibility index (Phi) is 17.3. The van der Waals surface area contributed by atoms with Gasteiger partial charge >= 0.3 is 23.9 Å². The fourth-order valence-corrected chi connectivity index (χ4v) is 0.916. The number of allylic oxidation sites excluding steroid dienone is 2. The summed E-state index contributed by atoms with van der Waals surface area (Å²) in [6, 6.07) is 0. The van der Waals surface area contributed by atoms with E-state index in [-0.39, 0.29) is 0 Å². The molecule has 0 atom stereocenters. The zero-order chi connectivity index (χ0) is 19.0.